The highest BCUT2D eigenvalue weighted by Crippen LogP contribution is 2.10. The van der Waals surface area contributed by atoms with Crippen LogP contribution in [0.4, 0.5) is 0 Å². The lowest BCUT2D eigenvalue weighted by Crippen LogP contribution is -2.31. The van der Waals surface area contributed by atoms with E-state index in [1.54, 1.807) is 18.2 Å². The van der Waals surface area contributed by atoms with Gasteiger partial charge >= 0.3 is 5.97 Å². The van der Waals surface area contributed by atoms with Gasteiger partial charge in [-0.2, -0.15) is 0 Å². The van der Waals surface area contributed by atoms with Crippen molar-refractivity contribution in [3.63, 3.8) is 0 Å². The molecule has 1 rings (SSSR count). The molecular formula is C7H8NO3S+. The van der Waals surface area contributed by atoms with Gasteiger partial charge in [-0.1, -0.05) is 0 Å². The average Bonchev–Trinajstić information content (AvgIpc) is 2.03. The van der Waals surface area contributed by atoms with E-state index >= 15 is 0 Å². The van der Waals surface area contributed by atoms with E-state index in [1.807, 2.05) is 0 Å². The monoisotopic (exact) mass is 186 g/mol. The van der Waals surface area contributed by atoms with Crippen molar-refractivity contribution in [3.05, 3.63) is 24.4 Å². The van der Waals surface area contributed by atoms with E-state index in [9.17, 15) is 4.79 Å². The van der Waals surface area contributed by atoms with E-state index in [0.717, 1.165) is 16.5 Å². The lowest BCUT2D eigenvalue weighted by Gasteiger charge is -1.92. The van der Waals surface area contributed by atoms with Crippen molar-refractivity contribution in [1.82, 2.24) is 0 Å². The molecule has 0 saturated carbocycles. The van der Waals surface area contributed by atoms with Crippen LogP contribution >= 0.6 is 11.8 Å². The number of aliphatic carboxylic acids is 1. The molecular weight excluding hydrogens is 178 g/mol. The Bertz CT molecular complexity index is 290. The van der Waals surface area contributed by atoms with Crippen molar-refractivity contribution in [2.75, 3.05) is 5.75 Å². The number of thioether (sulfide) groups is 1. The van der Waals surface area contributed by atoms with Gasteiger partial charge in [0.15, 0.2) is 0 Å². The van der Waals surface area contributed by atoms with Crippen molar-refractivity contribution in [2.24, 2.45) is 0 Å². The summed E-state index contributed by atoms with van der Waals surface area (Å²) >= 11 is 1.07. The Morgan fingerprint density at radius 3 is 2.92 bits per heavy atom. The molecule has 0 bridgehead atoms. The number of rotatable bonds is 3. The second-order valence-electron chi connectivity index (χ2n) is 2.07. The first-order valence-corrected chi connectivity index (χ1v) is 4.23. The molecule has 0 spiro atoms. The third-order valence-corrected chi connectivity index (χ3v) is 2.16. The molecule has 0 aromatic carbocycles. The van der Waals surface area contributed by atoms with Crippen LogP contribution in [0.25, 0.3) is 0 Å². The first kappa shape index (κ1) is 8.86. The average molecular weight is 186 g/mol. The van der Waals surface area contributed by atoms with Gasteiger partial charge in [-0.3, -0.25) is 10.0 Å². The van der Waals surface area contributed by atoms with Crippen LogP contribution in [-0.2, 0) is 4.79 Å². The molecule has 0 amide bonds. The highest BCUT2D eigenvalue weighted by molar-refractivity contribution is 7.99. The van der Waals surface area contributed by atoms with E-state index in [0.29, 0.717) is 5.03 Å². The van der Waals surface area contributed by atoms with Crippen LogP contribution in [0.5, 0.6) is 0 Å². The molecule has 4 nitrogen and oxygen atoms in total. The molecule has 0 radical (unpaired) electrons. The minimum atomic E-state index is -0.899. The smallest absolute Gasteiger partial charge is 0.314 e. The van der Waals surface area contributed by atoms with E-state index in [4.69, 9.17) is 10.3 Å². The predicted octanol–water partition coefficient (Wildman–Crippen LogP) is 0.388. The Balaban J connectivity index is 2.63. The normalized spacial score (nSPS) is 9.67. The molecule has 0 unspecified atom stereocenters. The summed E-state index contributed by atoms with van der Waals surface area (Å²) in [5, 5.41) is 18.0. The molecule has 0 aliphatic heterocycles. The molecule has 1 aromatic heterocycles. The largest absolute Gasteiger partial charge is 0.481 e. The summed E-state index contributed by atoms with van der Waals surface area (Å²) in [6.45, 7) is 0. The first-order chi connectivity index (χ1) is 5.70. The zero-order chi connectivity index (χ0) is 8.97. The molecule has 1 aromatic rings. The molecule has 0 aliphatic carbocycles. The van der Waals surface area contributed by atoms with Crippen molar-refractivity contribution < 1.29 is 19.8 Å². The summed E-state index contributed by atoms with van der Waals surface area (Å²) in [5.74, 6) is -0.950. The summed E-state index contributed by atoms with van der Waals surface area (Å²) in [5.41, 5.74) is 0. The maximum absolute atomic E-state index is 10.2. The van der Waals surface area contributed by atoms with Crippen LogP contribution in [0.15, 0.2) is 29.4 Å². The Morgan fingerprint density at radius 2 is 2.33 bits per heavy atom. The molecule has 0 aliphatic rings. The fourth-order valence-corrected chi connectivity index (χ4v) is 1.31. The number of carboxylic acids is 1. The Hall–Kier alpha value is -1.23. The summed E-state index contributed by atoms with van der Waals surface area (Å²) in [6.07, 6.45) is 1.45. The van der Waals surface area contributed by atoms with E-state index in [1.165, 1.54) is 6.20 Å². The van der Waals surface area contributed by atoms with Gasteiger partial charge in [0.1, 0.15) is 5.75 Å². The van der Waals surface area contributed by atoms with Crippen molar-refractivity contribution in [2.45, 2.75) is 5.03 Å². The van der Waals surface area contributed by atoms with Crippen LogP contribution < -0.4 is 4.73 Å². The third-order valence-electron chi connectivity index (χ3n) is 1.15. The van der Waals surface area contributed by atoms with Gasteiger partial charge in [0.05, 0.1) is 0 Å². The van der Waals surface area contributed by atoms with Crippen LogP contribution in [0.2, 0.25) is 0 Å². The number of pyridine rings is 1. The highest BCUT2D eigenvalue weighted by Gasteiger charge is 2.10. The number of nitrogens with zero attached hydrogens (tertiary/aromatic N) is 1. The van der Waals surface area contributed by atoms with Gasteiger partial charge < -0.3 is 5.11 Å². The summed E-state index contributed by atoms with van der Waals surface area (Å²) in [7, 11) is 0. The van der Waals surface area contributed by atoms with Crippen molar-refractivity contribution >= 4 is 17.7 Å². The summed E-state index contributed by atoms with van der Waals surface area (Å²) in [6, 6.07) is 5.04. The van der Waals surface area contributed by atoms with Crippen LogP contribution in [0, 0.1) is 0 Å². The topological polar surface area (TPSA) is 61.4 Å². The Labute approximate surface area is 73.4 Å². The van der Waals surface area contributed by atoms with Gasteiger partial charge in [-0.15, -0.1) is 0 Å². The van der Waals surface area contributed by atoms with E-state index in [2.05, 4.69) is 0 Å². The van der Waals surface area contributed by atoms with Gasteiger partial charge in [-0.25, -0.2) is 0 Å². The fourth-order valence-electron chi connectivity index (χ4n) is 0.669. The third kappa shape index (κ3) is 2.43. The maximum Gasteiger partial charge on any atom is 0.314 e. The van der Waals surface area contributed by atoms with E-state index < -0.39 is 5.97 Å². The molecule has 64 valence electrons. The quantitative estimate of drug-likeness (QED) is 0.407. The standard InChI is InChI=1S/C7H7NO3S/c9-7(10)5-12-6-3-1-2-4-8(6)11/h1-4H,5H2,(H-,9,10,11)/p+1. The zero-order valence-corrected chi connectivity index (χ0v) is 6.99. The minimum Gasteiger partial charge on any atom is -0.481 e. The van der Waals surface area contributed by atoms with E-state index in [-0.39, 0.29) is 5.75 Å². The SMILES string of the molecule is O=C(O)CSc1cccc[n+]1O. The molecule has 12 heavy (non-hydrogen) atoms. The van der Waals surface area contributed by atoms with Gasteiger partial charge in [0.25, 0.3) is 5.03 Å². The zero-order valence-electron chi connectivity index (χ0n) is 6.17. The number of aromatic nitrogens is 1. The van der Waals surface area contributed by atoms with Crippen LogP contribution in [-0.4, -0.2) is 22.0 Å². The van der Waals surface area contributed by atoms with Gasteiger partial charge in [0, 0.05) is 16.9 Å². The Morgan fingerprint density at radius 1 is 1.58 bits per heavy atom. The van der Waals surface area contributed by atoms with Crippen LogP contribution in [0.3, 0.4) is 0 Å². The van der Waals surface area contributed by atoms with Crippen molar-refractivity contribution in [3.8, 4) is 0 Å². The molecule has 5 heteroatoms. The van der Waals surface area contributed by atoms with Crippen molar-refractivity contribution in [1.29, 1.82) is 0 Å². The van der Waals surface area contributed by atoms with Gasteiger partial charge in [0.2, 0.25) is 6.20 Å². The molecule has 2 N–H and O–H groups in total. The summed E-state index contributed by atoms with van der Waals surface area (Å²) in [4.78, 5) is 10.2. The van der Waals surface area contributed by atoms with Crippen LogP contribution in [0.1, 0.15) is 0 Å². The Kier molecular flexibility index (Phi) is 2.93. The lowest BCUT2D eigenvalue weighted by molar-refractivity contribution is -0.932. The highest BCUT2D eigenvalue weighted by atomic mass is 32.2. The van der Waals surface area contributed by atoms with Gasteiger partial charge in [-0.05, 0) is 17.8 Å². The summed E-state index contributed by atoms with van der Waals surface area (Å²) < 4.78 is 0.896. The number of carbonyl (C=O) groups is 1. The molecule has 1 heterocycles. The number of hydrogen-bond acceptors (Lipinski definition) is 3. The lowest BCUT2D eigenvalue weighted by atomic mass is 10.5. The second kappa shape index (κ2) is 3.96. The maximum atomic E-state index is 10.2. The number of carboxylic acid groups (broad SMARTS) is 1. The number of hydrogen-bond donors (Lipinski definition) is 2. The fraction of sp³-hybridized carbons (Fsp3) is 0.143. The second-order valence-corrected chi connectivity index (χ2v) is 3.06. The predicted molar refractivity (Wildman–Crippen MR) is 42.2 cm³/mol. The molecule has 0 fully saturated rings. The molecule has 0 atom stereocenters. The molecule has 0 saturated heterocycles. The first-order valence-electron chi connectivity index (χ1n) is 3.24. The minimum absolute atomic E-state index is 0.0510.